The number of rotatable bonds is 7. The van der Waals surface area contributed by atoms with E-state index in [0.29, 0.717) is 18.8 Å². The molecular weight excluding hydrogens is 333 g/mol. The van der Waals surface area contributed by atoms with E-state index in [2.05, 4.69) is 0 Å². The standard InChI is InChI=1S/C13H21Cl2N3O2S/c1-4-18(7-5-6-17(2)3)21(19,20)13-11(14)8-10(16)9-12(13)15/h8-9H,4-7,16H2,1-3H3. The van der Waals surface area contributed by atoms with E-state index in [1.54, 1.807) is 6.92 Å². The van der Waals surface area contributed by atoms with Crippen molar-refractivity contribution < 1.29 is 8.42 Å². The highest BCUT2D eigenvalue weighted by Gasteiger charge is 2.28. The predicted molar refractivity (Wildman–Crippen MR) is 88.5 cm³/mol. The zero-order chi connectivity index (χ0) is 16.2. The highest BCUT2D eigenvalue weighted by molar-refractivity contribution is 7.89. The largest absolute Gasteiger partial charge is 0.399 e. The number of anilines is 1. The first kappa shape index (κ1) is 18.5. The third kappa shape index (κ3) is 4.72. The van der Waals surface area contributed by atoms with E-state index in [0.717, 1.165) is 13.0 Å². The van der Waals surface area contributed by atoms with Crippen molar-refractivity contribution >= 4 is 38.9 Å². The molecule has 0 heterocycles. The molecule has 1 aromatic carbocycles. The van der Waals surface area contributed by atoms with Gasteiger partial charge in [0.1, 0.15) is 4.90 Å². The number of nitrogen functional groups attached to an aromatic ring is 1. The molecular formula is C13H21Cl2N3O2S. The molecule has 0 fully saturated rings. The number of sulfonamides is 1. The number of halogens is 2. The lowest BCUT2D eigenvalue weighted by molar-refractivity contribution is 0.356. The van der Waals surface area contributed by atoms with Crippen LogP contribution in [0.1, 0.15) is 13.3 Å². The lowest BCUT2D eigenvalue weighted by atomic mass is 10.3. The molecule has 0 aliphatic rings. The normalized spacial score (nSPS) is 12.3. The van der Waals surface area contributed by atoms with E-state index < -0.39 is 10.0 Å². The highest BCUT2D eigenvalue weighted by atomic mass is 35.5. The molecule has 0 radical (unpaired) electrons. The van der Waals surface area contributed by atoms with Gasteiger partial charge in [-0.05, 0) is 39.2 Å². The Labute approximate surface area is 136 Å². The summed E-state index contributed by atoms with van der Waals surface area (Å²) in [5, 5.41) is 0.0946. The molecule has 2 N–H and O–H groups in total. The summed E-state index contributed by atoms with van der Waals surface area (Å²) in [6.07, 6.45) is 0.726. The van der Waals surface area contributed by atoms with Gasteiger partial charge in [0.2, 0.25) is 10.0 Å². The van der Waals surface area contributed by atoms with Gasteiger partial charge >= 0.3 is 0 Å². The van der Waals surface area contributed by atoms with Crippen LogP contribution < -0.4 is 5.73 Å². The van der Waals surface area contributed by atoms with Crippen LogP contribution in [0.5, 0.6) is 0 Å². The second-order valence-corrected chi connectivity index (χ2v) is 7.66. The lowest BCUT2D eigenvalue weighted by Crippen LogP contribution is -2.33. The molecule has 0 unspecified atom stereocenters. The second kappa shape index (κ2) is 7.65. The van der Waals surface area contributed by atoms with E-state index >= 15 is 0 Å². The van der Waals surface area contributed by atoms with Gasteiger partial charge in [0.05, 0.1) is 10.0 Å². The van der Waals surface area contributed by atoms with Gasteiger partial charge in [-0.3, -0.25) is 0 Å². The van der Waals surface area contributed by atoms with Crippen LogP contribution in [-0.2, 0) is 10.0 Å². The molecule has 0 saturated carbocycles. The van der Waals surface area contributed by atoms with Crippen LogP contribution in [0.3, 0.4) is 0 Å². The van der Waals surface area contributed by atoms with Crippen molar-refractivity contribution in [2.45, 2.75) is 18.2 Å². The van der Waals surface area contributed by atoms with Gasteiger partial charge < -0.3 is 10.6 Å². The lowest BCUT2D eigenvalue weighted by Gasteiger charge is -2.22. The van der Waals surface area contributed by atoms with Gasteiger partial charge in [0.15, 0.2) is 0 Å². The van der Waals surface area contributed by atoms with Crippen molar-refractivity contribution in [3.05, 3.63) is 22.2 Å². The van der Waals surface area contributed by atoms with Crippen molar-refractivity contribution in [1.29, 1.82) is 0 Å². The van der Waals surface area contributed by atoms with Gasteiger partial charge in [0.25, 0.3) is 0 Å². The van der Waals surface area contributed by atoms with Gasteiger partial charge in [-0.1, -0.05) is 30.1 Å². The summed E-state index contributed by atoms with van der Waals surface area (Å²) < 4.78 is 26.8. The van der Waals surface area contributed by atoms with E-state index in [1.165, 1.54) is 16.4 Å². The predicted octanol–water partition coefficient (Wildman–Crippen LogP) is 2.54. The minimum Gasteiger partial charge on any atom is -0.399 e. The maximum atomic E-state index is 12.7. The summed E-state index contributed by atoms with van der Waals surface area (Å²) in [5.74, 6) is 0. The SMILES string of the molecule is CCN(CCCN(C)C)S(=O)(=O)c1c(Cl)cc(N)cc1Cl. The third-order valence-corrected chi connectivity index (χ3v) is 5.88. The number of hydrogen-bond acceptors (Lipinski definition) is 4. The van der Waals surface area contributed by atoms with Crippen LogP contribution in [0.15, 0.2) is 17.0 Å². The zero-order valence-electron chi connectivity index (χ0n) is 12.4. The highest BCUT2D eigenvalue weighted by Crippen LogP contribution is 2.33. The van der Waals surface area contributed by atoms with E-state index in [4.69, 9.17) is 28.9 Å². The monoisotopic (exact) mass is 353 g/mol. The van der Waals surface area contributed by atoms with Crippen LogP contribution in [-0.4, -0.2) is 51.4 Å². The molecule has 5 nitrogen and oxygen atoms in total. The number of benzene rings is 1. The smallest absolute Gasteiger partial charge is 0.246 e. The Morgan fingerprint density at radius 3 is 2.10 bits per heavy atom. The number of hydrogen-bond donors (Lipinski definition) is 1. The summed E-state index contributed by atoms with van der Waals surface area (Å²) >= 11 is 12.1. The maximum Gasteiger partial charge on any atom is 0.246 e. The van der Waals surface area contributed by atoms with Crippen LogP contribution in [0, 0.1) is 0 Å². The molecule has 1 aromatic rings. The maximum absolute atomic E-state index is 12.7. The quantitative estimate of drug-likeness (QED) is 0.764. The average Bonchev–Trinajstić information content (AvgIpc) is 2.32. The second-order valence-electron chi connectivity index (χ2n) is 4.97. The summed E-state index contributed by atoms with van der Waals surface area (Å²) in [6.45, 7) is 3.35. The van der Waals surface area contributed by atoms with Gasteiger partial charge in [0, 0.05) is 18.8 Å². The molecule has 0 atom stereocenters. The van der Waals surface area contributed by atoms with Gasteiger partial charge in [-0.15, -0.1) is 0 Å². The van der Waals surface area contributed by atoms with Crippen molar-refractivity contribution in [1.82, 2.24) is 9.21 Å². The molecule has 21 heavy (non-hydrogen) atoms. The van der Waals surface area contributed by atoms with Crippen LogP contribution in [0.4, 0.5) is 5.69 Å². The van der Waals surface area contributed by atoms with Crippen molar-refractivity contribution in [3.8, 4) is 0 Å². The minimum absolute atomic E-state index is 0.0473. The molecule has 0 aliphatic carbocycles. The fraction of sp³-hybridized carbons (Fsp3) is 0.538. The summed E-state index contributed by atoms with van der Waals surface area (Å²) in [6, 6.07) is 2.79. The van der Waals surface area contributed by atoms with Gasteiger partial charge in [-0.25, -0.2) is 8.42 Å². The molecule has 0 aromatic heterocycles. The first-order valence-electron chi connectivity index (χ1n) is 6.59. The van der Waals surface area contributed by atoms with Crippen molar-refractivity contribution in [2.75, 3.05) is 39.5 Å². The van der Waals surface area contributed by atoms with Crippen LogP contribution in [0.25, 0.3) is 0 Å². The van der Waals surface area contributed by atoms with Crippen molar-refractivity contribution in [3.63, 3.8) is 0 Å². The first-order valence-corrected chi connectivity index (χ1v) is 8.79. The summed E-state index contributed by atoms with van der Waals surface area (Å²) in [7, 11) is 0.154. The first-order chi connectivity index (χ1) is 9.70. The van der Waals surface area contributed by atoms with Gasteiger partial charge in [-0.2, -0.15) is 4.31 Å². The van der Waals surface area contributed by atoms with E-state index in [1.807, 2.05) is 19.0 Å². The summed E-state index contributed by atoms with van der Waals surface area (Å²) in [5.41, 5.74) is 5.94. The molecule has 0 spiro atoms. The minimum atomic E-state index is -3.73. The summed E-state index contributed by atoms with van der Waals surface area (Å²) in [4.78, 5) is 1.93. The Bertz CT molecular complexity index is 568. The molecule has 0 amide bonds. The average molecular weight is 354 g/mol. The Morgan fingerprint density at radius 2 is 1.67 bits per heavy atom. The number of nitrogens with two attached hydrogens (primary N) is 1. The molecule has 1 rings (SSSR count). The van der Waals surface area contributed by atoms with Crippen LogP contribution in [0.2, 0.25) is 10.0 Å². The molecule has 0 saturated heterocycles. The Kier molecular flexibility index (Phi) is 6.74. The molecule has 120 valence electrons. The van der Waals surface area contributed by atoms with Crippen molar-refractivity contribution in [2.24, 2.45) is 0 Å². The Balaban J connectivity index is 3.08. The third-order valence-electron chi connectivity index (χ3n) is 2.98. The molecule has 0 bridgehead atoms. The Hall–Kier alpha value is -0.530. The zero-order valence-corrected chi connectivity index (χ0v) is 14.8. The number of nitrogens with zero attached hydrogens (tertiary/aromatic N) is 2. The molecule has 8 heteroatoms. The molecule has 0 aliphatic heterocycles. The fourth-order valence-electron chi connectivity index (χ4n) is 1.97. The van der Waals surface area contributed by atoms with E-state index in [-0.39, 0.29) is 14.9 Å². The topological polar surface area (TPSA) is 66.6 Å². The fourth-order valence-corrected chi connectivity index (χ4v) is 4.63. The van der Waals surface area contributed by atoms with Crippen LogP contribution >= 0.6 is 23.2 Å². The Morgan fingerprint density at radius 1 is 1.14 bits per heavy atom. The van der Waals surface area contributed by atoms with E-state index in [9.17, 15) is 8.42 Å².